The second-order valence-electron chi connectivity index (χ2n) is 4.64. The topological polar surface area (TPSA) is 72.0 Å². The summed E-state index contributed by atoms with van der Waals surface area (Å²) < 4.78 is 13.7. The molecule has 7 heteroatoms. The molecule has 0 fully saturated rings. The van der Waals surface area contributed by atoms with E-state index >= 15 is 0 Å². The summed E-state index contributed by atoms with van der Waals surface area (Å²) in [6, 6.07) is 4.45. The summed E-state index contributed by atoms with van der Waals surface area (Å²) >= 11 is 3.12. The first-order valence-electron chi connectivity index (χ1n) is 6.33. The van der Waals surface area contributed by atoms with E-state index in [1.54, 1.807) is 13.0 Å². The molecule has 110 valence electrons. The molecule has 1 aromatic heterocycles. The lowest BCUT2D eigenvalue weighted by atomic mass is 10.0. The lowest BCUT2D eigenvalue weighted by Gasteiger charge is -2.18. The number of carbonyl (C=O) groups excluding carboxylic acids is 2. The monoisotopic (exact) mass is 361 g/mol. The van der Waals surface area contributed by atoms with E-state index in [0.29, 0.717) is 11.3 Å². The average Bonchev–Trinajstić information content (AvgIpc) is 2.53. The molecule has 1 aliphatic rings. The van der Waals surface area contributed by atoms with Crippen LogP contribution in [0, 0.1) is 12.7 Å². The Bertz CT molecular complexity index is 848. The van der Waals surface area contributed by atoms with Gasteiger partial charge in [0.2, 0.25) is 11.6 Å². The second kappa shape index (κ2) is 5.42. The Balaban J connectivity index is 2.08. The fourth-order valence-corrected chi connectivity index (χ4v) is 2.56. The van der Waals surface area contributed by atoms with Crippen molar-refractivity contribution >= 4 is 33.2 Å². The van der Waals surface area contributed by atoms with Gasteiger partial charge in [0, 0.05) is 23.6 Å². The van der Waals surface area contributed by atoms with Crippen molar-refractivity contribution in [1.82, 2.24) is 9.97 Å². The van der Waals surface area contributed by atoms with Crippen LogP contribution in [-0.2, 0) is 0 Å². The van der Waals surface area contributed by atoms with Crippen LogP contribution in [0.3, 0.4) is 0 Å². The van der Waals surface area contributed by atoms with Gasteiger partial charge in [0.1, 0.15) is 22.9 Å². The fraction of sp³-hybridized carbons (Fsp3) is 0.0667. The van der Waals surface area contributed by atoms with Crippen LogP contribution >= 0.6 is 15.9 Å². The first kappa shape index (κ1) is 14.5. The molecule has 3 rings (SSSR count). The number of fused-ring (bicyclic) bond motifs is 1. The predicted octanol–water partition coefficient (Wildman–Crippen LogP) is 3.02. The Morgan fingerprint density at radius 1 is 1.09 bits per heavy atom. The Morgan fingerprint density at radius 2 is 1.73 bits per heavy atom. The minimum Gasteiger partial charge on any atom is -0.351 e. The van der Waals surface area contributed by atoms with Gasteiger partial charge in [0.05, 0.1) is 4.48 Å². The summed E-state index contributed by atoms with van der Waals surface area (Å²) in [6.07, 6.45) is 2.69. The van der Waals surface area contributed by atoms with E-state index in [4.69, 9.17) is 0 Å². The van der Waals surface area contributed by atoms with Crippen molar-refractivity contribution in [3.63, 3.8) is 0 Å². The molecular formula is C15H9BrFN3O2. The number of allylic oxidation sites excluding steroid dienone is 2. The van der Waals surface area contributed by atoms with Gasteiger partial charge in [-0.3, -0.25) is 9.59 Å². The van der Waals surface area contributed by atoms with E-state index in [-0.39, 0.29) is 21.6 Å². The molecule has 0 amide bonds. The largest absolute Gasteiger partial charge is 0.351 e. The molecular weight excluding hydrogens is 353 g/mol. The summed E-state index contributed by atoms with van der Waals surface area (Å²) in [5, 5.41) is 2.82. The zero-order valence-electron chi connectivity index (χ0n) is 11.4. The normalized spacial score (nSPS) is 14.1. The van der Waals surface area contributed by atoms with Crippen LogP contribution in [0.1, 0.15) is 26.5 Å². The van der Waals surface area contributed by atoms with E-state index in [1.807, 2.05) is 0 Å². The highest BCUT2D eigenvalue weighted by atomic mass is 79.9. The van der Waals surface area contributed by atoms with Gasteiger partial charge in [-0.25, -0.2) is 14.4 Å². The third-order valence-electron chi connectivity index (χ3n) is 3.30. The number of hydrogen-bond acceptors (Lipinski definition) is 5. The number of ketones is 2. The summed E-state index contributed by atoms with van der Waals surface area (Å²) in [7, 11) is 0. The molecule has 22 heavy (non-hydrogen) atoms. The second-order valence-corrected chi connectivity index (χ2v) is 5.43. The number of hydrogen-bond donors (Lipinski definition) is 1. The van der Waals surface area contributed by atoms with Gasteiger partial charge in [-0.05, 0) is 35.0 Å². The van der Waals surface area contributed by atoms with Gasteiger partial charge >= 0.3 is 0 Å². The number of nitrogens with zero attached hydrogens (tertiary/aromatic N) is 2. The number of benzene rings is 1. The fourth-order valence-electron chi connectivity index (χ4n) is 2.10. The van der Waals surface area contributed by atoms with Crippen molar-refractivity contribution in [2.24, 2.45) is 0 Å². The molecule has 5 nitrogen and oxygen atoms in total. The highest BCUT2D eigenvalue weighted by molar-refractivity contribution is 9.12. The average molecular weight is 362 g/mol. The first-order chi connectivity index (χ1) is 10.5. The maximum Gasteiger partial charge on any atom is 0.231 e. The van der Waals surface area contributed by atoms with Gasteiger partial charge in [-0.2, -0.15) is 0 Å². The van der Waals surface area contributed by atoms with Gasteiger partial charge < -0.3 is 5.32 Å². The van der Waals surface area contributed by atoms with Gasteiger partial charge in [-0.15, -0.1) is 0 Å². The number of anilines is 1. The third-order valence-corrected chi connectivity index (χ3v) is 4.06. The van der Waals surface area contributed by atoms with Gasteiger partial charge in [0.25, 0.3) is 0 Å². The lowest BCUT2D eigenvalue weighted by Crippen LogP contribution is -2.26. The number of carbonyl (C=O) groups is 2. The number of rotatable bonds is 2. The van der Waals surface area contributed by atoms with E-state index in [9.17, 15) is 14.0 Å². The third kappa shape index (κ3) is 2.23. The van der Waals surface area contributed by atoms with E-state index in [0.717, 1.165) is 0 Å². The lowest BCUT2D eigenvalue weighted by molar-refractivity contribution is 0.0975. The number of halogens is 2. The Hall–Kier alpha value is -2.41. The zero-order chi connectivity index (χ0) is 15.9. The highest BCUT2D eigenvalue weighted by Gasteiger charge is 2.33. The maximum atomic E-state index is 13.6. The van der Waals surface area contributed by atoms with Crippen LogP contribution in [0.4, 0.5) is 10.1 Å². The smallest absolute Gasteiger partial charge is 0.231 e. The first-order valence-corrected chi connectivity index (χ1v) is 7.12. The van der Waals surface area contributed by atoms with E-state index in [1.165, 1.54) is 24.5 Å². The highest BCUT2D eigenvalue weighted by Crippen LogP contribution is 2.29. The molecule has 1 aliphatic carbocycles. The quantitative estimate of drug-likeness (QED) is 0.889. The number of aromatic nitrogens is 2. The Labute approximate surface area is 133 Å². The summed E-state index contributed by atoms with van der Waals surface area (Å²) in [4.78, 5) is 32.5. The molecule has 1 N–H and O–H groups in total. The van der Waals surface area contributed by atoms with Crippen LogP contribution < -0.4 is 5.32 Å². The molecule has 0 unspecified atom stereocenters. The molecule has 0 spiro atoms. The molecule has 0 atom stereocenters. The van der Waals surface area contributed by atoms with Gasteiger partial charge in [0.15, 0.2) is 0 Å². The standard InChI is InChI=1S/C15H9BrFN3O2/c1-7-8(17)3-2-4-9(7)20-11-10(16)14(21)12-13(15(11)22)19-6-5-18-12/h2-6,20H,1H3. The molecule has 1 aromatic carbocycles. The van der Waals surface area contributed by atoms with Crippen LogP contribution in [0.15, 0.2) is 40.8 Å². The van der Waals surface area contributed by atoms with Crippen molar-refractivity contribution in [1.29, 1.82) is 0 Å². The van der Waals surface area contributed by atoms with Crippen molar-refractivity contribution < 1.29 is 14.0 Å². The van der Waals surface area contributed by atoms with Crippen molar-refractivity contribution in [3.05, 3.63) is 63.5 Å². The van der Waals surface area contributed by atoms with Gasteiger partial charge in [-0.1, -0.05) is 6.07 Å². The minimum absolute atomic E-state index is 0.000823. The van der Waals surface area contributed by atoms with E-state index in [2.05, 4.69) is 31.2 Å². The van der Waals surface area contributed by atoms with Crippen LogP contribution in [0.2, 0.25) is 0 Å². The SMILES string of the molecule is Cc1c(F)cccc1NC1=C(Br)C(=O)c2nccnc2C1=O. The van der Waals surface area contributed by atoms with Crippen LogP contribution in [0.5, 0.6) is 0 Å². The Morgan fingerprint density at radius 3 is 2.41 bits per heavy atom. The number of Topliss-reactive ketones (excluding diaryl/α,β-unsaturated/α-hetero) is 2. The summed E-state index contributed by atoms with van der Waals surface area (Å²) in [5.74, 6) is -1.33. The molecule has 0 saturated carbocycles. The predicted molar refractivity (Wildman–Crippen MR) is 81.4 cm³/mol. The molecule has 0 saturated heterocycles. The molecule has 0 radical (unpaired) electrons. The number of nitrogens with one attached hydrogen (secondary N) is 1. The van der Waals surface area contributed by atoms with Crippen molar-refractivity contribution in [2.45, 2.75) is 6.92 Å². The van der Waals surface area contributed by atoms with Crippen LogP contribution in [0.25, 0.3) is 0 Å². The minimum atomic E-state index is -0.474. The van der Waals surface area contributed by atoms with Crippen molar-refractivity contribution in [2.75, 3.05) is 5.32 Å². The molecule has 0 bridgehead atoms. The van der Waals surface area contributed by atoms with Crippen LogP contribution in [-0.4, -0.2) is 21.5 Å². The van der Waals surface area contributed by atoms with E-state index < -0.39 is 17.4 Å². The molecule has 1 heterocycles. The molecule has 2 aromatic rings. The summed E-state index contributed by atoms with van der Waals surface area (Å²) in [6.45, 7) is 1.58. The Kier molecular flexibility index (Phi) is 3.58. The molecule has 0 aliphatic heterocycles. The zero-order valence-corrected chi connectivity index (χ0v) is 12.9. The maximum absolute atomic E-state index is 13.6. The summed E-state index contributed by atoms with van der Waals surface area (Å²) in [5.41, 5.74) is 0.751. The van der Waals surface area contributed by atoms with Crippen molar-refractivity contribution in [3.8, 4) is 0 Å².